The molecule has 0 heterocycles. The van der Waals surface area contributed by atoms with Crippen molar-refractivity contribution in [3.8, 4) is 0 Å². The zero-order valence-electron chi connectivity index (χ0n) is 12.8. The number of aryl methyl sites for hydroxylation is 1. The molecule has 1 aliphatic rings. The van der Waals surface area contributed by atoms with Crippen LogP contribution in [-0.2, 0) is 0 Å². The molecule has 0 amide bonds. The first-order valence-corrected chi connectivity index (χ1v) is 8.70. The summed E-state index contributed by atoms with van der Waals surface area (Å²) in [5.41, 5.74) is 1.88. The van der Waals surface area contributed by atoms with Crippen molar-refractivity contribution >= 4 is 11.8 Å². The smallest absolute Gasteiger partial charge is 0.126 e. The Kier molecular flexibility index (Phi) is 5.91. The van der Waals surface area contributed by atoms with E-state index >= 15 is 0 Å². The summed E-state index contributed by atoms with van der Waals surface area (Å²) in [5, 5.41) is 4.20. The van der Waals surface area contributed by atoms with Crippen molar-refractivity contribution in [1.82, 2.24) is 5.32 Å². The number of thioether (sulfide) groups is 1. The molecular formula is C17H26FNS. The van der Waals surface area contributed by atoms with Crippen molar-refractivity contribution in [2.45, 2.75) is 69.1 Å². The molecule has 1 unspecified atom stereocenters. The molecule has 0 radical (unpaired) electrons. The van der Waals surface area contributed by atoms with Crippen LogP contribution in [0.15, 0.2) is 17.0 Å². The normalized spacial score (nSPS) is 17.6. The van der Waals surface area contributed by atoms with Crippen LogP contribution in [0.3, 0.4) is 0 Å². The molecule has 0 bridgehead atoms. The van der Waals surface area contributed by atoms with Crippen molar-refractivity contribution < 1.29 is 4.39 Å². The maximum absolute atomic E-state index is 13.9. The lowest BCUT2D eigenvalue weighted by Crippen LogP contribution is -2.20. The minimum atomic E-state index is -0.0825. The van der Waals surface area contributed by atoms with Gasteiger partial charge in [0.15, 0.2) is 0 Å². The van der Waals surface area contributed by atoms with E-state index in [0.29, 0.717) is 0 Å². The van der Waals surface area contributed by atoms with E-state index in [1.165, 1.54) is 30.6 Å². The van der Waals surface area contributed by atoms with Crippen molar-refractivity contribution in [3.05, 3.63) is 29.1 Å². The molecule has 1 aliphatic carbocycles. The van der Waals surface area contributed by atoms with Crippen LogP contribution in [0.4, 0.5) is 4.39 Å². The van der Waals surface area contributed by atoms with Gasteiger partial charge in [-0.15, -0.1) is 11.8 Å². The largest absolute Gasteiger partial charge is 0.310 e. The van der Waals surface area contributed by atoms with Gasteiger partial charge in [0.2, 0.25) is 0 Å². The van der Waals surface area contributed by atoms with Crippen LogP contribution in [-0.4, -0.2) is 11.8 Å². The molecule has 1 N–H and O–H groups in total. The molecule has 0 aliphatic heterocycles. The summed E-state index contributed by atoms with van der Waals surface area (Å²) in [4.78, 5) is 1.27. The molecule has 20 heavy (non-hydrogen) atoms. The van der Waals surface area contributed by atoms with E-state index in [1.807, 2.05) is 24.8 Å². The molecule has 1 aromatic rings. The van der Waals surface area contributed by atoms with E-state index in [1.54, 1.807) is 6.07 Å². The third-order valence-electron chi connectivity index (χ3n) is 4.05. The zero-order valence-corrected chi connectivity index (χ0v) is 13.7. The maximum Gasteiger partial charge on any atom is 0.126 e. The molecule has 1 atom stereocenters. The summed E-state index contributed by atoms with van der Waals surface area (Å²) in [6.07, 6.45) is 6.39. The van der Waals surface area contributed by atoms with Crippen molar-refractivity contribution in [1.29, 1.82) is 0 Å². The lowest BCUT2D eigenvalue weighted by atomic mass is 10.1. The Balaban J connectivity index is 2.20. The number of benzene rings is 1. The summed E-state index contributed by atoms with van der Waals surface area (Å²) in [5.74, 6) is -0.0825. The Labute approximate surface area is 126 Å². The Morgan fingerprint density at radius 1 is 1.35 bits per heavy atom. The number of hydrogen-bond donors (Lipinski definition) is 1. The Hall–Kier alpha value is -0.540. The first kappa shape index (κ1) is 15.8. The lowest BCUT2D eigenvalue weighted by molar-refractivity contribution is 0.552. The Morgan fingerprint density at radius 2 is 2.05 bits per heavy atom. The van der Waals surface area contributed by atoms with Gasteiger partial charge in [-0.1, -0.05) is 19.8 Å². The number of rotatable bonds is 6. The predicted molar refractivity (Wildman–Crippen MR) is 86.0 cm³/mol. The Bertz CT molecular complexity index is 441. The van der Waals surface area contributed by atoms with E-state index < -0.39 is 0 Å². The molecule has 1 saturated carbocycles. The minimum absolute atomic E-state index is 0.0825. The molecule has 1 nitrogen and oxygen atoms in total. The second-order valence-corrected chi connectivity index (χ2v) is 7.18. The fourth-order valence-corrected chi connectivity index (χ4v) is 4.31. The number of halogens is 1. The van der Waals surface area contributed by atoms with Gasteiger partial charge in [-0.05, 0) is 62.9 Å². The van der Waals surface area contributed by atoms with Crippen LogP contribution in [0.5, 0.6) is 0 Å². The van der Waals surface area contributed by atoms with Gasteiger partial charge in [-0.25, -0.2) is 4.39 Å². The summed E-state index contributed by atoms with van der Waals surface area (Å²) in [7, 11) is 0. The van der Waals surface area contributed by atoms with Gasteiger partial charge in [0.1, 0.15) is 5.82 Å². The van der Waals surface area contributed by atoms with Crippen LogP contribution in [0.2, 0.25) is 0 Å². The van der Waals surface area contributed by atoms with Crippen LogP contribution < -0.4 is 5.32 Å². The van der Waals surface area contributed by atoms with E-state index in [2.05, 4.69) is 19.2 Å². The fourth-order valence-electron chi connectivity index (χ4n) is 2.77. The molecule has 0 spiro atoms. The topological polar surface area (TPSA) is 12.0 Å². The summed E-state index contributed by atoms with van der Waals surface area (Å²) in [6.45, 7) is 7.13. The monoisotopic (exact) mass is 295 g/mol. The molecule has 2 rings (SSSR count). The summed E-state index contributed by atoms with van der Waals surface area (Å²) >= 11 is 1.96. The molecule has 0 aromatic heterocycles. The van der Waals surface area contributed by atoms with Crippen molar-refractivity contribution in [2.75, 3.05) is 6.54 Å². The van der Waals surface area contributed by atoms with Gasteiger partial charge in [0, 0.05) is 16.2 Å². The summed E-state index contributed by atoms with van der Waals surface area (Å²) in [6, 6.07) is 3.99. The third kappa shape index (κ3) is 3.98. The average molecular weight is 295 g/mol. The van der Waals surface area contributed by atoms with Gasteiger partial charge in [-0.2, -0.15) is 0 Å². The highest BCUT2D eigenvalue weighted by Crippen LogP contribution is 2.38. The first-order valence-electron chi connectivity index (χ1n) is 7.82. The van der Waals surface area contributed by atoms with Crippen LogP contribution in [0.25, 0.3) is 0 Å². The van der Waals surface area contributed by atoms with Crippen molar-refractivity contribution in [3.63, 3.8) is 0 Å². The van der Waals surface area contributed by atoms with Gasteiger partial charge in [0.25, 0.3) is 0 Å². The second kappa shape index (κ2) is 7.46. The number of nitrogens with one attached hydrogen (secondary N) is 1. The molecule has 112 valence electrons. The number of hydrogen-bond acceptors (Lipinski definition) is 2. The highest BCUT2D eigenvalue weighted by Gasteiger charge is 2.20. The van der Waals surface area contributed by atoms with Crippen LogP contribution >= 0.6 is 11.8 Å². The lowest BCUT2D eigenvalue weighted by Gasteiger charge is -2.20. The maximum atomic E-state index is 13.9. The zero-order chi connectivity index (χ0) is 14.5. The van der Waals surface area contributed by atoms with Crippen LogP contribution in [0.1, 0.15) is 63.1 Å². The van der Waals surface area contributed by atoms with Gasteiger partial charge < -0.3 is 5.32 Å². The molecule has 0 saturated heterocycles. The van der Waals surface area contributed by atoms with E-state index in [-0.39, 0.29) is 11.9 Å². The summed E-state index contributed by atoms with van der Waals surface area (Å²) < 4.78 is 13.9. The standard InChI is InChI=1S/C17H26FNS/c1-4-9-19-13(3)15-11-16(18)12(2)10-17(15)20-14-7-5-6-8-14/h10-11,13-14,19H,4-9H2,1-3H3. The van der Waals surface area contributed by atoms with Gasteiger partial charge in [0.05, 0.1) is 0 Å². The van der Waals surface area contributed by atoms with Gasteiger partial charge >= 0.3 is 0 Å². The second-order valence-electron chi connectivity index (χ2n) is 5.84. The van der Waals surface area contributed by atoms with Gasteiger partial charge in [-0.3, -0.25) is 0 Å². The SMILES string of the molecule is CCCNC(C)c1cc(F)c(C)cc1SC1CCCC1. The fraction of sp³-hybridized carbons (Fsp3) is 0.647. The molecule has 3 heteroatoms. The van der Waals surface area contributed by atoms with E-state index in [4.69, 9.17) is 0 Å². The molecule has 1 fully saturated rings. The highest BCUT2D eigenvalue weighted by molar-refractivity contribution is 8.00. The van der Waals surface area contributed by atoms with E-state index in [0.717, 1.165) is 29.3 Å². The van der Waals surface area contributed by atoms with E-state index in [9.17, 15) is 4.39 Å². The predicted octanol–water partition coefficient (Wildman–Crippen LogP) is 5.23. The molecule has 1 aromatic carbocycles. The average Bonchev–Trinajstić information content (AvgIpc) is 2.92. The molecular weight excluding hydrogens is 269 g/mol. The Morgan fingerprint density at radius 3 is 2.70 bits per heavy atom. The highest BCUT2D eigenvalue weighted by atomic mass is 32.2. The van der Waals surface area contributed by atoms with Crippen LogP contribution in [0, 0.1) is 12.7 Å². The minimum Gasteiger partial charge on any atom is -0.310 e. The quantitative estimate of drug-likeness (QED) is 0.771. The first-order chi connectivity index (χ1) is 9.61. The van der Waals surface area contributed by atoms with Crippen molar-refractivity contribution in [2.24, 2.45) is 0 Å². The third-order valence-corrected chi connectivity index (χ3v) is 5.47.